The zero-order valence-corrected chi connectivity index (χ0v) is 99.9. The molecular weight excluding hydrogens is 2220 g/mol. The molecule has 0 saturated heterocycles. The van der Waals surface area contributed by atoms with Crippen molar-refractivity contribution in [3.8, 4) is 17.2 Å². The highest BCUT2D eigenvalue weighted by Crippen LogP contribution is 2.60. The van der Waals surface area contributed by atoms with E-state index in [1.54, 1.807) is 103 Å². The van der Waals surface area contributed by atoms with Gasteiger partial charge < -0.3 is 92.5 Å². The number of nitrogens with one attached hydrogen (secondary N) is 1. The van der Waals surface area contributed by atoms with Crippen molar-refractivity contribution in [1.29, 1.82) is 0 Å². The first kappa shape index (κ1) is 121. The largest absolute Gasteiger partial charge is 1.00 e. The summed E-state index contributed by atoms with van der Waals surface area (Å²) in [6.07, 6.45) is 4.44. The predicted octanol–water partition coefficient (Wildman–Crippen LogP) is 20.2. The van der Waals surface area contributed by atoms with E-state index in [1.807, 2.05) is 25.1 Å². The Labute approximate surface area is 899 Å². The van der Waals surface area contributed by atoms with Gasteiger partial charge in [-0.25, -0.2) is 8.42 Å². The molecule has 15 heteroatoms. The van der Waals surface area contributed by atoms with Crippen LogP contribution in [0.25, 0.3) is 0 Å². The lowest BCUT2D eigenvalue weighted by Crippen LogP contribution is -3.00. The molecule has 13 rings (SSSR count). The van der Waals surface area contributed by atoms with Gasteiger partial charge in [0.05, 0.1) is 36.9 Å². The Morgan fingerprint density at radius 2 is 0.555 bits per heavy atom. The highest BCUT2D eigenvalue weighted by atomic mass is 127. The van der Waals surface area contributed by atoms with E-state index in [1.165, 1.54) is 161 Å². The smallest absolute Gasteiger partial charge is 0.206 e. The molecule has 6 nitrogen and oxygen atoms in total. The lowest BCUT2D eigenvalue weighted by Gasteiger charge is -2.31. The molecule has 0 radical (unpaired) electrons. The fourth-order valence-electron chi connectivity index (χ4n) is 22.8. The SMILES string of the molecule is C.C.COc1ccc(C(C)(C)c2ccc(Oc3ccc(S(=O)(=O)c4ccc(C)cc4)cc3)c(CNCCCCCCN)c2)cc1.Cc1cc(C)c([P+](C)(c2c(C)cc(C)cc2C)c2c(C)cc(C)cc2C)c(C)c1.Cc1cc(C)c([P+](C)(c2c(C)cc(C)cc2C)c2c(C)cc(CBr)cc2C)c(C)c1.Cc1cc(C)c([P+](C)(c2c(C)cc(C)cc2C)c2c(C)cc(CBr)cc2C)c(C)c1.[I-].[I-].[I-]. The van der Waals surface area contributed by atoms with Crippen molar-refractivity contribution in [3.05, 3.63) is 373 Å². The number of alkyl halides is 2. The van der Waals surface area contributed by atoms with Crippen molar-refractivity contribution >= 4 is 111 Å². The summed E-state index contributed by atoms with van der Waals surface area (Å²) in [7, 11) is -7.42. The topological polar surface area (TPSA) is 90.6 Å². The molecule has 0 fully saturated rings. The molecule has 0 bridgehead atoms. The maximum atomic E-state index is 13.1. The number of halogens is 5. The number of aryl methyl sites for hydroxylation is 26. The quantitative estimate of drug-likeness (QED) is 0.0243. The molecule has 0 heterocycles. The van der Waals surface area contributed by atoms with E-state index < -0.39 is 31.6 Å². The number of hydrogen-bond acceptors (Lipinski definition) is 6. The van der Waals surface area contributed by atoms with Gasteiger partial charge in [-0.3, -0.25) is 0 Å². The predicted molar refractivity (Wildman–Crippen MR) is 604 cm³/mol. The highest BCUT2D eigenvalue weighted by molar-refractivity contribution is 9.08. The van der Waals surface area contributed by atoms with Crippen molar-refractivity contribution in [2.45, 2.75) is 267 Å². The third-order valence-electron chi connectivity index (χ3n) is 26.8. The Morgan fingerprint density at radius 1 is 0.314 bits per heavy atom. The Balaban J connectivity index is 0.000000323. The summed E-state index contributed by atoms with van der Waals surface area (Å²) in [4.78, 5) is 0.509. The number of methoxy groups -OCH3 is 1. The van der Waals surface area contributed by atoms with Crippen LogP contribution in [0.4, 0.5) is 0 Å². The van der Waals surface area contributed by atoms with E-state index in [-0.39, 0.29) is 102 Å². The number of rotatable bonds is 26. The molecule has 0 saturated carbocycles. The normalized spacial score (nSPS) is 11.4. The highest BCUT2D eigenvalue weighted by Gasteiger charge is 2.51. The third kappa shape index (κ3) is 27.5. The molecule has 0 atom stereocenters. The average Bonchev–Trinajstić information content (AvgIpc) is 0.729. The average molecular weight is 2380 g/mol. The van der Waals surface area contributed by atoms with Crippen LogP contribution in [0, 0.1) is 180 Å². The molecule has 736 valence electrons. The van der Waals surface area contributed by atoms with E-state index in [0.29, 0.717) is 12.3 Å². The number of hydrogen-bond donors (Lipinski definition) is 2. The third-order valence-corrected chi connectivity index (χ3v) is 44.3. The fraction of sp³-hybridized carbons (Fsp3) is 0.361. The first-order valence-corrected chi connectivity index (χ1v) is 57.4. The number of nitrogens with two attached hydrogens (primary N) is 1. The van der Waals surface area contributed by atoms with Crippen LogP contribution in [0.1, 0.15) is 227 Å². The van der Waals surface area contributed by atoms with Gasteiger partial charge in [-0.2, -0.15) is 0 Å². The molecule has 0 aliphatic carbocycles. The summed E-state index contributed by atoms with van der Waals surface area (Å²) in [5.41, 5.74) is 47.6. The summed E-state index contributed by atoms with van der Waals surface area (Å²) in [5, 5.41) is 19.4. The molecule has 137 heavy (non-hydrogen) atoms. The van der Waals surface area contributed by atoms with Gasteiger partial charge in [-0.15, -0.1) is 0 Å². The molecule has 0 aliphatic heterocycles. The Hall–Kier alpha value is -6.23. The summed E-state index contributed by atoms with van der Waals surface area (Å²) in [6.45, 7) is 73.4. The standard InChI is InChI=1S/C36H44N2O4S.2C28H35BrP.C28H36P.2CH4.3HI/c1-27-9-18-33(19-10-27)43(39,40)34-20-16-32(17-21-34)42-35-22-13-30(25-28(35)26-38-24-8-6-5-7-23-37)36(2,3)29-11-14-31(41-4)15-12-29;2*1-17-10-19(3)26(20(4)11-17)30(9,27-21(5)12-18(2)13-22(27)6)28-23(7)14-25(16-29)15-24(28)8;1-17-11-20(4)26(21(5)12-17)29(10,27-22(6)13-18(2)14-23(27)7)28-24(8)15-19(3)16-25(28)9;;;;;/h9-22,25,38H,5-8,23-24,26,37H2,1-4H3;2*10-15H,16H2,1-9H3;11-16H,1-10H3;2*1H4;3*1H/q;3*+1;;;;;/p-3. The molecule has 13 aromatic carbocycles. The molecule has 0 unspecified atom stereocenters. The van der Waals surface area contributed by atoms with Gasteiger partial charge in [-0.05, 0) is 389 Å². The lowest BCUT2D eigenvalue weighted by molar-refractivity contribution is -0.001000. The summed E-state index contributed by atoms with van der Waals surface area (Å²) < 4.78 is 37.9. The number of sulfone groups is 1. The summed E-state index contributed by atoms with van der Waals surface area (Å²) >= 11 is 7.32. The van der Waals surface area contributed by atoms with Gasteiger partial charge in [0.2, 0.25) is 9.84 Å². The summed E-state index contributed by atoms with van der Waals surface area (Å²) in [5.74, 6) is 2.14. The van der Waals surface area contributed by atoms with Crippen LogP contribution in [0.15, 0.2) is 210 Å². The van der Waals surface area contributed by atoms with Gasteiger partial charge in [0, 0.05) is 28.2 Å². The molecule has 0 aromatic heterocycles. The monoisotopic (exact) mass is 2380 g/mol. The molecule has 0 aliphatic rings. The van der Waals surface area contributed by atoms with Gasteiger partial charge in [-0.1, -0.05) is 257 Å². The van der Waals surface area contributed by atoms with Crippen LogP contribution in [-0.2, 0) is 32.5 Å². The maximum Gasteiger partial charge on any atom is 0.206 e. The zero-order valence-electron chi connectivity index (χ0n) is 86.8. The minimum Gasteiger partial charge on any atom is -1.00 e. The van der Waals surface area contributed by atoms with E-state index in [9.17, 15) is 8.42 Å². The second-order valence-corrected chi connectivity index (χ2v) is 52.3. The van der Waals surface area contributed by atoms with Crippen molar-refractivity contribution in [3.63, 3.8) is 0 Å². The molecule has 0 amide bonds. The van der Waals surface area contributed by atoms with E-state index in [2.05, 4.69) is 378 Å². The number of benzene rings is 13. The van der Waals surface area contributed by atoms with Crippen LogP contribution in [0.2, 0.25) is 0 Å². The fourth-order valence-corrected chi connectivity index (χ4v) is 40.6. The molecule has 0 spiro atoms. The van der Waals surface area contributed by atoms with Crippen LogP contribution in [0.5, 0.6) is 17.2 Å². The molecular formula is C122H158Br2I3N2O4P3S. The Bertz CT molecular complexity index is 5860. The van der Waals surface area contributed by atoms with Gasteiger partial charge in [0.15, 0.2) is 0 Å². The van der Waals surface area contributed by atoms with Crippen LogP contribution in [-0.4, -0.2) is 48.6 Å². The summed E-state index contributed by atoms with van der Waals surface area (Å²) in [6, 6.07) is 70.8. The van der Waals surface area contributed by atoms with Crippen LogP contribution >= 0.6 is 53.6 Å². The first-order chi connectivity index (χ1) is 62.1. The van der Waals surface area contributed by atoms with Gasteiger partial charge in [0.1, 0.15) is 86.8 Å². The minimum absolute atomic E-state index is 0. The zero-order chi connectivity index (χ0) is 97.3. The Kier molecular flexibility index (Phi) is 45.9. The van der Waals surface area contributed by atoms with Crippen molar-refractivity contribution in [2.24, 2.45) is 5.73 Å². The maximum absolute atomic E-state index is 13.1. The van der Waals surface area contributed by atoms with Crippen LogP contribution in [0.3, 0.4) is 0 Å². The second-order valence-electron chi connectivity index (χ2n) is 39.1. The second kappa shape index (κ2) is 51.8. The number of unbranched alkanes of at least 4 members (excludes halogenated alkanes) is 3. The Morgan fingerprint density at radius 3 is 0.810 bits per heavy atom. The van der Waals surface area contributed by atoms with E-state index in [4.69, 9.17) is 15.2 Å². The van der Waals surface area contributed by atoms with Crippen molar-refractivity contribution in [2.75, 3.05) is 40.2 Å². The van der Waals surface area contributed by atoms with Gasteiger partial charge >= 0.3 is 0 Å². The van der Waals surface area contributed by atoms with Crippen LogP contribution < -0.4 is 140 Å². The van der Waals surface area contributed by atoms with Crippen molar-refractivity contribution < 1.29 is 89.8 Å². The van der Waals surface area contributed by atoms with E-state index >= 15 is 0 Å². The minimum atomic E-state index is -3.61. The van der Waals surface area contributed by atoms with E-state index in [0.717, 1.165) is 72.1 Å². The first-order valence-electron chi connectivity index (χ1n) is 46.9. The lowest BCUT2D eigenvalue weighted by atomic mass is 9.77. The van der Waals surface area contributed by atoms with Crippen molar-refractivity contribution in [1.82, 2.24) is 5.32 Å². The molecule has 13 aromatic rings. The molecule has 3 N–H and O–H groups in total. The van der Waals surface area contributed by atoms with Gasteiger partial charge in [0.25, 0.3) is 0 Å². The number of ether oxygens (including phenoxy) is 2.